The molecule has 1 fully saturated rings. The molecule has 2 atom stereocenters. The molecule has 0 bridgehead atoms. The second-order valence-corrected chi connectivity index (χ2v) is 5.47. The quantitative estimate of drug-likeness (QED) is 0.264. The summed E-state index contributed by atoms with van der Waals surface area (Å²) in [5, 5.41) is 0. The Morgan fingerprint density at radius 3 is 2.85 bits per heavy atom. The van der Waals surface area contributed by atoms with E-state index in [1.165, 1.54) is 6.11 Å². The number of hydrogen-bond donors (Lipinski definition) is 0. The predicted octanol–water partition coefficient (Wildman–Crippen LogP) is 2.10. The van der Waals surface area contributed by atoms with Crippen LogP contribution in [0.4, 0.5) is 0 Å². The van der Waals surface area contributed by atoms with Crippen LogP contribution in [-0.4, -0.2) is 37.1 Å². The fourth-order valence-corrected chi connectivity index (χ4v) is 2.91. The van der Waals surface area contributed by atoms with Crippen LogP contribution in [0.25, 0.3) is 0 Å². The summed E-state index contributed by atoms with van der Waals surface area (Å²) in [5.74, 6) is 0.269. The molecule has 0 aromatic heterocycles. The Morgan fingerprint density at radius 2 is 2.25 bits per heavy atom. The van der Waals surface area contributed by atoms with Crippen LogP contribution in [0.15, 0.2) is 52.4 Å². The van der Waals surface area contributed by atoms with Crippen molar-refractivity contribution in [3.63, 3.8) is 0 Å². The first-order chi connectivity index (χ1) is 9.70. The van der Waals surface area contributed by atoms with Crippen molar-refractivity contribution in [2.24, 2.45) is 4.99 Å². The average molecular weight is 287 g/mol. The van der Waals surface area contributed by atoms with Crippen LogP contribution in [0.3, 0.4) is 0 Å². The van der Waals surface area contributed by atoms with Crippen LogP contribution in [0.2, 0.25) is 0 Å². The topological polar surface area (TPSA) is 55.7 Å². The maximum atomic E-state index is 11.4. The summed E-state index contributed by atoms with van der Waals surface area (Å²) in [6, 6.07) is 9.64. The summed E-state index contributed by atoms with van der Waals surface area (Å²) in [6.45, 7) is 3.66. The SMILES string of the molecule is C=C1CC(C(CSc2ccccc2)/N=C/B=O)OC1=O. The molecule has 1 aliphatic rings. The second kappa shape index (κ2) is 7.19. The molecule has 0 saturated carbocycles. The fraction of sp³-hybridized carbons (Fsp3) is 0.286. The van der Waals surface area contributed by atoms with E-state index in [9.17, 15) is 9.50 Å². The number of hydrogen-bond acceptors (Lipinski definition) is 5. The van der Waals surface area contributed by atoms with Gasteiger partial charge in [-0.15, -0.1) is 0 Å². The molecule has 1 aromatic carbocycles. The fourth-order valence-electron chi connectivity index (χ4n) is 1.89. The van der Waals surface area contributed by atoms with Gasteiger partial charge in [-0.2, -0.15) is 0 Å². The number of thioether (sulfide) groups is 1. The molecular weight excluding hydrogens is 273 g/mol. The third-order valence-corrected chi connectivity index (χ3v) is 4.04. The molecule has 0 radical (unpaired) electrons. The minimum atomic E-state index is -0.369. The van der Waals surface area contributed by atoms with Crippen molar-refractivity contribution in [3.8, 4) is 0 Å². The Kier molecular flexibility index (Phi) is 5.29. The summed E-state index contributed by atoms with van der Waals surface area (Å²) >= 11 is 1.62. The summed E-state index contributed by atoms with van der Waals surface area (Å²) in [5.41, 5.74) is 0.464. The minimum absolute atomic E-state index is 0.242. The van der Waals surface area contributed by atoms with E-state index in [1.807, 2.05) is 30.3 Å². The molecule has 1 aromatic rings. The molecule has 102 valence electrons. The second-order valence-electron chi connectivity index (χ2n) is 4.38. The number of cyclic esters (lactones) is 1. The summed E-state index contributed by atoms with van der Waals surface area (Å²) in [6.07, 6.45) is 1.35. The van der Waals surface area contributed by atoms with Crippen molar-refractivity contribution in [3.05, 3.63) is 42.5 Å². The van der Waals surface area contributed by atoms with Gasteiger partial charge in [-0.1, -0.05) is 0 Å². The van der Waals surface area contributed by atoms with Crippen LogP contribution in [0, 0.1) is 0 Å². The molecule has 0 aliphatic carbocycles. The Morgan fingerprint density at radius 1 is 1.50 bits per heavy atom. The number of nitrogens with zero attached hydrogens (tertiary/aromatic N) is 1. The van der Waals surface area contributed by atoms with Gasteiger partial charge in [0, 0.05) is 0 Å². The van der Waals surface area contributed by atoms with Crippen molar-refractivity contribution in [1.29, 1.82) is 0 Å². The zero-order chi connectivity index (χ0) is 14.4. The molecule has 1 heterocycles. The standard InChI is InChI=1S/C14H14BNO3S/c1-10-7-13(19-14(10)17)12(16-9-15-18)8-20-11-5-3-2-4-6-11/h2-6,9,12-13H,1,7-8H2/b16-9+. The number of benzene rings is 1. The number of aliphatic imine (C=N–C) groups is 1. The molecule has 6 heteroatoms. The van der Waals surface area contributed by atoms with E-state index in [1.54, 1.807) is 11.8 Å². The summed E-state index contributed by atoms with van der Waals surface area (Å²) in [4.78, 5) is 16.7. The van der Waals surface area contributed by atoms with Crippen molar-refractivity contribution < 1.29 is 14.2 Å². The molecule has 4 nitrogen and oxygen atoms in total. The monoisotopic (exact) mass is 287 g/mol. The van der Waals surface area contributed by atoms with Gasteiger partial charge in [0.2, 0.25) is 0 Å². The zero-order valence-corrected chi connectivity index (χ0v) is 11.7. The van der Waals surface area contributed by atoms with Crippen molar-refractivity contribution in [2.75, 3.05) is 5.75 Å². The number of esters is 1. The Balaban J connectivity index is 2.01. The van der Waals surface area contributed by atoms with Crippen molar-refractivity contribution in [2.45, 2.75) is 23.5 Å². The molecular formula is C14H14BNO3S. The number of rotatable bonds is 6. The third-order valence-electron chi connectivity index (χ3n) is 2.93. The van der Waals surface area contributed by atoms with Gasteiger partial charge in [0.05, 0.1) is 0 Å². The third kappa shape index (κ3) is 3.90. The molecule has 2 unspecified atom stereocenters. The average Bonchev–Trinajstić information content (AvgIpc) is 2.80. The maximum absolute atomic E-state index is 11.4. The number of ether oxygens (including phenoxy) is 1. The van der Waals surface area contributed by atoms with E-state index in [0.717, 1.165) is 4.90 Å². The van der Waals surface area contributed by atoms with Crippen LogP contribution in [0.5, 0.6) is 0 Å². The first-order valence-electron chi connectivity index (χ1n) is 6.24. The van der Waals surface area contributed by atoms with E-state index in [-0.39, 0.29) is 18.1 Å². The molecule has 0 spiro atoms. The normalized spacial score (nSPS) is 19.9. The molecule has 0 N–H and O–H groups in total. The van der Waals surface area contributed by atoms with Crippen molar-refractivity contribution >= 4 is 31.0 Å². The van der Waals surface area contributed by atoms with Gasteiger partial charge in [-0.05, 0) is 0 Å². The van der Waals surface area contributed by atoms with E-state index < -0.39 is 0 Å². The Hall–Kier alpha value is -1.69. The number of carbonyl (C=O) groups is 1. The van der Waals surface area contributed by atoms with E-state index in [0.29, 0.717) is 24.9 Å². The van der Waals surface area contributed by atoms with Gasteiger partial charge in [-0.3, -0.25) is 0 Å². The van der Waals surface area contributed by atoms with Gasteiger partial charge >= 0.3 is 122 Å². The van der Waals surface area contributed by atoms with Crippen LogP contribution < -0.4 is 0 Å². The number of carbonyl (C=O) groups excluding carboxylic acids is 1. The van der Waals surface area contributed by atoms with Gasteiger partial charge in [0.1, 0.15) is 0 Å². The van der Waals surface area contributed by atoms with Gasteiger partial charge in [0.25, 0.3) is 0 Å². The Labute approximate surface area is 122 Å². The molecule has 2 rings (SSSR count). The van der Waals surface area contributed by atoms with Gasteiger partial charge in [0.15, 0.2) is 0 Å². The molecule has 20 heavy (non-hydrogen) atoms. The molecule has 1 aliphatic heterocycles. The van der Waals surface area contributed by atoms with Crippen molar-refractivity contribution in [1.82, 2.24) is 0 Å². The summed E-state index contributed by atoms with van der Waals surface area (Å²) in [7, 11) is 0.631. The zero-order valence-electron chi connectivity index (χ0n) is 10.9. The van der Waals surface area contributed by atoms with Crippen LogP contribution >= 0.6 is 11.8 Å². The summed E-state index contributed by atoms with van der Waals surface area (Å²) < 4.78 is 15.7. The molecule has 0 amide bonds. The van der Waals surface area contributed by atoms with Crippen LogP contribution in [-0.2, 0) is 14.2 Å². The van der Waals surface area contributed by atoms with E-state index >= 15 is 0 Å². The molecule has 1 saturated heterocycles. The van der Waals surface area contributed by atoms with Crippen LogP contribution in [0.1, 0.15) is 6.42 Å². The predicted molar refractivity (Wildman–Crippen MR) is 79.5 cm³/mol. The first kappa shape index (κ1) is 14.7. The Bertz CT molecular complexity index is 516. The van der Waals surface area contributed by atoms with Gasteiger partial charge in [-0.25, -0.2) is 0 Å². The first-order valence-corrected chi connectivity index (χ1v) is 7.23. The van der Waals surface area contributed by atoms with Gasteiger partial charge < -0.3 is 0 Å². The van der Waals surface area contributed by atoms with E-state index in [4.69, 9.17) is 4.74 Å². The van der Waals surface area contributed by atoms with E-state index in [2.05, 4.69) is 11.6 Å².